The summed E-state index contributed by atoms with van der Waals surface area (Å²) in [5.41, 5.74) is 0. The van der Waals surface area contributed by atoms with Crippen LogP contribution in [0.25, 0.3) is 0 Å². The van der Waals surface area contributed by atoms with Crippen molar-refractivity contribution in [2.75, 3.05) is 39.9 Å². The summed E-state index contributed by atoms with van der Waals surface area (Å²) in [5.74, 6) is 0.680. The Bertz CT molecular complexity index is 140. The highest BCUT2D eigenvalue weighted by Gasteiger charge is 2.19. The van der Waals surface area contributed by atoms with Crippen LogP contribution in [0.5, 0.6) is 0 Å². The first-order valence-electron chi connectivity index (χ1n) is 6.13. The van der Waals surface area contributed by atoms with Gasteiger partial charge in [-0.1, -0.05) is 20.8 Å². The van der Waals surface area contributed by atoms with Crippen molar-refractivity contribution in [2.24, 2.45) is 5.92 Å². The van der Waals surface area contributed by atoms with Crippen LogP contribution in [0.15, 0.2) is 0 Å². The lowest BCUT2D eigenvalue weighted by atomic mass is 10.0. The molecule has 0 saturated carbocycles. The first-order chi connectivity index (χ1) is 7.17. The molecule has 0 fully saturated rings. The van der Waals surface area contributed by atoms with Crippen LogP contribution in [0, 0.1) is 5.92 Å². The molecule has 1 N–H and O–H groups in total. The molecule has 1 unspecified atom stereocenters. The standard InChI is InChI=1S/C12H28N2O/c1-6-14(8-9-15-7-2)12(10-13-5)11(3)4/h11-13H,6-10H2,1-5H3. The third-order valence-electron chi connectivity index (χ3n) is 2.78. The third-order valence-corrected chi connectivity index (χ3v) is 2.78. The molecule has 3 nitrogen and oxygen atoms in total. The maximum absolute atomic E-state index is 5.41. The highest BCUT2D eigenvalue weighted by molar-refractivity contribution is 4.75. The lowest BCUT2D eigenvalue weighted by molar-refractivity contribution is 0.0840. The smallest absolute Gasteiger partial charge is 0.0593 e. The zero-order valence-corrected chi connectivity index (χ0v) is 11.0. The first-order valence-corrected chi connectivity index (χ1v) is 6.13. The van der Waals surface area contributed by atoms with E-state index in [2.05, 4.69) is 31.0 Å². The lowest BCUT2D eigenvalue weighted by Crippen LogP contribution is -2.46. The summed E-state index contributed by atoms with van der Waals surface area (Å²) in [7, 11) is 2.02. The fraction of sp³-hybridized carbons (Fsp3) is 1.00. The van der Waals surface area contributed by atoms with Crippen LogP contribution in [0.2, 0.25) is 0 Å². The summed E-state index contributed by atoms with van der Waals surface area (Å²) >= 11 is 0. The molecule has 3 heteroatoms. The van der Waals surface area contributed by atoms with Crippen LogP contribution < -0.4 is 5.32 Å². The minimum atomic E-state index is 0.612. The minimum absolute atomic E-state index is 0.612. The molecule has 0 aliphatic rings. The molecule has 0 aliphatic heterocycles. The Hall–Kier alpha value is -0.120. The van der Waals surface area contributed by atoms with E-state index < -0.39 is 0 Å². The van der Waals surface area contributed by atoms with Gasteiger partial charge in [-0.2, -0.15) is 0 Å². The van der Waals surface area contributed by atoms with Crippen molar-refractivity contribution in [3.8, 4) is 0 Å². The lowest BCUT2D eigenvalue weighted by Gasteiger charge is -2.33. The Balaban J connectivity index is 4.06. The number of nitrogens with zero attached hydrogens (tertiary/aromatic N) is 1. The van der Waals surface area contributed by atoms with Gasteiger partial charge in [-0.3, -0.25) is 4.90 Å². The topological polar surface area (TPSA) is 24.5 Å². The molecule has 92 valence electrons. The number of hydrogen-bond acceptors (Lipinski definition) is 3. The van der Waals surface area contributed by atoms with Gasteiger partial charge in [0, 0.05) is 25.7 Å². The first kappa shape index (κ1) is 14.9. The molecular formula is C12H28N2O. The van der Waals surface area contributed by atoms with Crippen LogP contribution >= 0.6 is 0 Å². The van der Waals surface area contributed by atoms with Crippen LogP contribution in [0.4, 0.5) is 0 Å². The Labute approximate surface area is 95.2 Å². The van der Waals surface area contributed by atoms with E-state index in [0.717, 1.165) is 32.8 Å². The molecule has 0 radical (unpaired) electrons. The molecule has 0 aromatic rings. The molecule has 0 aromatic heterocycles. The van der Waals surface area contributed by atoms with E-state index in [1.807, 2.05) is 14.0 Å². The molecule has 1 atom stereocenters. The minimum Gasteiger partial charge on any atom is -0.380 e. The van der Waals surface area contributed by atoms with Gasteiger partial charge in [0.15, 0.2) is 0 Å². The van der Waals surface area contributed by atoms with Crippen LogP contribution in [0.3, 0.4) is 0 Å². The molecule has 15 heavy (non-hydrogen) atoms. The Morgan fingerprint density at radius 1 is 1.27 bits per heavy atom. The van der Waals surface area contributed by atoms with E-state index in [1.165, 1.54) is 0 Å². The molecule has 0 aromatic carbocycles. The fourth-order valence-electron chi connectivity index (χ4n) is 1.88. The van der Waals surface area contributed by atoms with Crippen LogP contribution in [-0.2, 0) is 4.74 Å². The fourth-order valence-corrected chi connectivity index (χ4v) is 1.88. The molecule has 0 spiro atoms. The van der Waals surface area contributed by atoms with E-state index in [4.69, 9.17) is 4.74 Å². The van der Waals surface area contributed by atoms with Gasteiger partial charge in [-0.05, 0) is 26.4 Å². The maximum Gasteiger partial charge on any atom is 0.0593 e. The van der Waals surface area contributed by atoms with Gasteiger partial charge < -0.3 is 10.1 Å². The second kappa shape index (κ2) is 9.13. The Kier molecular flexibility index (Phi) is 9.06. The van der Waals surface area contributed by atoms with Crippen molar-refractivity contribution in [2.45, 2.75) is 33.7 Å². The Morgan fingerprint density at radius 3 is 2.33 bits per heavy atom. The second-order valence-electron chi connectivity index (χ2n) is 4.19. The van der Waals surface area contributed by atoms with Crippen molar-refractivity contribution >= 4 is 0 Å². The van der Waals surface area contributed by atoms with E-state index in [0.29, 0.717) is 12.0 Å². The summed E-state index contributed by atoms with van der Waals surface area (Å²) in [4.78, 5) is 2.50. The molecule has 0 heterocycles. The van der Waals surface area contributed by atoms with Crippen molar-refractivity contribution in [3.05, 3.63) is 0 Å². The normalized spacial score (nSPS) is 13.8. The molecule has 0 aliphatic carbocycles. The third kappa shape index (κ3) is 6.13. The molecule has 0 saturated heterocycles. The van der Waals surface area contributed by atoms with E-state index in [9.17, 15) is 0 Å². The number of hydrogen-bond donors (Lipinski definition) is 1. The summed E-state index contributed by atoms with van der Waals surface area (Å²) < 4.78 is 5.41. The van der Waals surface area contributed by atoms with Gasteiger partial charge in [-0.15, -0.1) is 0 Å². The SMILES string of the molecule is CCOCCN(CC)C(CNC)C(C)C. The van der Waals surface area contributed by atoms with Gasteiger partial charge in [0.2, 0.25) is 0 Å². The predicted molar refractivity (Wildman–Crippen MR) is 66.3 cm³/mol. The zero-order valence-electron chi connectivity index (χ0n) is 11.0. The molecule has 0 rings (SSSR count). The van der Waals surface area contributed by atoms with Crippen LogP contribution in [-0.4, -0.2) is 50.8 Å². The summed E-state index contributed by atoms with van der Waals surface area (Å²) in [6.45, 7) is 13.7. The predicted octanol–water partition coefficient (Wildman–Crippen LogP) is 1.59. The van der Waals surface area contributed by atoms with E-state index >= 15 is 0 Å². The van der Waals surface area contributed by atoms with Gasteiger partial charge in [0.05, 0.1) is 6.61 Å². The van der Waals surface area contributed by atoms with E-state index in [1.54, 1.807) is 0 Å². The van der Waals surface area contributed by atoms with Gasteiger partial charge in [-0.25, -0.2) is 0 Å². The maximum atomic E-state index is 5.41. The van der Waals surface area contributed by atoms with Crippen molar-refractivity contribution in [1.82, 2.24) is 10.2 Å². The summed E-state index contributed by atoms with van der Waals surface area (Å²) in [6.07, 6.45) is 0. The molecule has 0 bridgehead atoms. The monoisotopic (exact) mass is 216 g/mol. The van der Waals surface area contributed by atoms with Crippen LogP contribution in [0.1, 0.15) is 27.7 Å². The average molecular weight is 216 g/mol. The van der Waals surface area contributed by atoms with Gasteiger partial charge in [0.1, 0.15) is 0 Å². The second-order valence-corrected chi connectivity index (χ2v) is 4.19. The van der Waals surface area contributed by atoms with Gasteiger partial charge >= 0.3 is 0 Å². The Morgan fingerprint density at radius 2 is 1.93 bits per heavy atom. The number of nitrogens with one attached hydrogen (secondary N) is 1. The largest absolute Gasteiger partial charge is 0.380 e. The zero-order chi connectivity index (χ0) is 11.7. The highest BCUT2D eigenvalue weighted by Crippen LogP contribution is 2.09. The number of ether oxygens (including phenoxy) is 1. The molecular weight excluding hydrogens is 188 g/mol. The van der Waals surface area contributed by atoms with E-state index in [-0.39, 0.29) is 0 Å². The number of likely N-dealkylation sites (N-methyl/N-ethyl adjacent to an activating group) is 2. The highest BCUT2D eigenvalue weighted by atomic mass is 16.5. The van der Waals surface area contributed by atoms with Crippen molar-refractivity contribution < 1.29 is 4.74 Å². The van der Waals surface area contributed by atoms with Gasteiger partial charge in [0.25, 0.3) is 0 Å². The quantitative estimate of drug-likeness (QED) is 0.592. The average Bonchev–Trinajstić information content (AvgIpc) is 2.22. The summed E-state index contributed by atoms with van der Waals surface area (Å²) in [6, 6.07) is 0.612. The summed E-state index contributed by atoms with van der Waals surface area (Å²) in [5, 5.41) is 3.27. The van der Waals surface area contributed by atoms with Crippen molar-refractivity contribution in [1.29, 1.82) is 0 Å². The molecule has 0 amide bonds. The number of rotatable bonds is 9. The van der Waals surface area contributed by atoms with Crippen molar-refractivity contribution in [3.63, 3.8) is 0 Å².